The number of para-hydroxylation sites is 2. The van der Waals surface area contributed by atoms with Gasteiger partial charge in [-0.3, -0.25) is 4.79 Å². The van der Waals surface area contributed by atoms with E-state index in [1.54, 1.807) is 36.4 Å². The average molecular weight is 460 g/mol. The van der Waals surface area contributed by atoms with Crippen molar-refractivity contribution in [1.82, 2.24) is 4.57 Å². The Morgan fingerprint density at radius 3 is 2.67 bits per heavy atom. The van der Waals surface area contributed by atoms with E-state index in [0.29, 0.717) is 28.6 Å². The Morgan fingerprint density at radius 1 is 1.15 bits per heavy atom. The Bertz CT molecular complexity index is 1420. The molecule has 7 nitrogen and oxygen atoms in total. The number of ether oxygens (including phenoxy) is 1. The fraction of sp³-hybridized carbons (Fsp3) is 0.0800. The minimum Gasteiger partial charge on any atom is -0.463 e. The van der Waals surface area contributed by atoms with Gasteiger partial charge in [-0.15, -0.1) is 0 Å². The molecule has 0 fully saturated rings. The second-order valence-corrected chi connectivity index (χ2v) is 7.50. The Labute approximate surface area is 194 Å². The number of hydrogen-bond donors (Lipinski definition) is 1. The van der Waals surface area contributed by atoms with Gasteiger partial charge in [0.2, 0.25) is 5.76 Å². The van der Waals surface area contributed by atoms with Gasteiger partial charge in [-0.2, -0.15) is 5.26 Å². The Balaban J connectivity index is 1.66. The van der Waals surface area contributed by atoms with Crippen molar-refractivity contribution in [2.45, 2.75) is 6.54 Å². The molecule has 4 rings (SSSR count). The summed E-state index contributed by atoms with van der Waals surface area (Å²) in [6.07, 6.45) is 3.36. The van der Waals surface area contributed by atoms with Crippen molar-refractivity contribution in [3.8, 4) is 6.07 Å². The molecule has 4 aromatic rings. The highest BCUT2D eigenvalue weighted by Gasteiger charge is 2.16. The summed E-state index contributed by atoms with van der Waals surface area (Å²) in [5.41, 5.74) is 1.93. The van der Waals surface area contributed by atoms with Crippen LogP contribution in [0.5, 0.6) is 0 Å². The van der Waals surface area contributed by atoms with Crippen LogP contribution >= 0.6 is 11.6 Å². The van der Waals surface area contributed by atoms with Crippen molar-refractivity contribution < 1.29 is 18.7 Å². The normalized spacial score (nSPS) is 11.2. The number of anilines is 1. The van der Waals surface area contributed by atoms with Crippen molar-refractivity contribution in [1.29, 1.82) is 5.26 Å². The van der Waals surface area contributed by atoms with Gasteiger partial charge in [-0.05, 0) is 36.4 Å². The molecular formula is C25H18ClN3O4. The average Bonchev–Trinajstić information content (AvgIpc) is 3.43. The first-order chi connectivity index (χ1) is 16.0. The molecule has 2 aromatic heterocycles. The molecule has 2 heterocycles. The number of fused-ring (bicyclic) bond motifs is 1. The lowest BCUT2D eigenvalue weighted by Gasteiger charge is -2.05. The summed E-state index contributed by atoms with van der Waals surface area (Å²) in [7, 11) is 1.29. The van der Waals surface area contributed by atoms with Crippen LogP contribution in [0.25, 0.3) is 17.0 Å². The van der Waals surface area contributed by atoms with Gasteiger partial charge in [0, 0.05) is 22.7 Å². The fourth-order valence-electron chi connectivity index (χ4n) is 3.42. The number of benzene rings is 2. The number of carbonyl (C=O) groups is 2. The van der Waals surface area contributed by atoms with Crippen LogP contribution in [0, 0.1) is 11.3 Å². The lowest BCUT2D eigenvalue weighted by Crippen LogP contribution is -2.13. The van der Waals surface area contributed by atoms with Crippen LogP contribution < -0.4 is 5.32 Å². The molecule has 0 aliphatic heterocycles. The Hall–Kier alpha value is -4.28. The van der Waals surface area contributed by atoms with Crippen molar-refractivity contribution in [2.24, 2.45) is 0 Å². The molecule has 0 bridgehead atoms. The van der Waals surface area contributed by atoms with Crippen LogP contribution in [0.1, 0.15) is 21.9 Å². The summed E-state index contributed by atoms with van der Waals surface area (Å²) in [6, 6.07) is 19.6. The van der Waals surface area contributed by atoms with Gasteiger partial charge in [0.25, 0.3) is 5.91 Å². The summed E-state index contributed by atoms with van der Waals surface area (Å²) >= 11 is 6.11. The Kier molecular flexibility index (Phi) is 6.29. The number of furan rings is 1. The van der Waals surface area contributed by atoms with Crippen LogP contribution in [0.3, 0.4) is 0 Å². The van der Waals surface area contributed by atoms with Gasteiger partial charge in [0.1, 0.15) is 17.4 Å². The van der Waals surface area contributed by atoms with E-state index in [1.165, 1.54) is 13.2 Å². The van der Waals surface area contributed by atoms with E-state index in [0.717, 1.165) is 10.9 Å². The topological polar surface area (TPSA) is 97.3 Å². The molecule has 0 radical (unpaired) electrons. The first-order valence-corrected chi connectivity index (χ1v) is 10.3. The number of amides is 1. The van der Waals surface area contributed by atoms with Crippen LogP contribution in [-0.4, -0.2) is 23.6 Å². The standard InChI is InChI=1S/C25H18ClN3O4/c1-32-25(31)23-11-10-18(33-23)15-29-14-17(19-6-2-5-9-22(19)29)12-16(13-27)24(30)28-21-8-4-3-7-20(21)26/h2-12,14H,15H2,1H3,(H,28,30)/b16-12-. The largest absolute Gasteiger partial charge is 0.463 e. The number of nitrogens with one attached hydrogen (secondary N) is 1. The van der Waals surface area contributed by atoms with Crippen molar-refractivity contribution in [2.75, 3.05) is 12.4 Å². The van der Waals surface area contributed by atoms with Crippen LogP contribution in [0.15, 0.2) is 76.9 Å². The zero-order valence-corrected chi connectivity index (χ0v) is 18.3. The number of carbonyl (C=O) groups excluding carboxylic acids is 2. The molecule has 33 heavy (non-hydrogen) atoms. The Morgan fingerprint density at radius 2 is 1.91 bits per heavy atom. The second-order valence-electron chi connectivity index (χ2n) is 7.09. The zero-order chi connectivity index (χ0) is 23.4. The molecule has 2 aromatic carbocycles. The van der Waals surface area contributed by atoms with Gasteiger partial charge in [-0.1, -0.05) is 41.9 Å². The third-order valence-corrected chi connectivity index (χ3v) is 5.31. The third kappa shape index (κ3) is 4.66. The van der Waals surface area contributed by atoms with Gasteiger partial charge < -0.3 is 19.0 Å². The van der Waals surface area contributed by atoms with E-state index in [1.807, 2.05) is 41.1 Å². The SMILES string of the molecule is COC(=O)c1ccc(Cn2cc(/C=C(/C#N)C(=O)Nc3ccccc3Cl)c3ccccc32)o1. The summed E-state index contributed by atoms with van der Waals surface area (Å²) in [4.78, 5) is 24.4. The molecule has 164 valence electrons. The molecule has 0 saturated carbocycles. The number of esters is 1. The second kappa shape index (κ2) is 9.47. The number of hydrogen-bond acceptors (Lipinski definition) is 5. The smallest absolute Gasteiger partial charge is 0.373 e. The molecule has 0 aliphatic rings. The van der Waals surface area contributed by atoms with Gasteiger partial charge in [-0.25, -0.2) is 4.79 Å². The highest BCUT2D eigenvalue weighted by Crippen LogP contribution is 2.26. The van der Waals surface area contributed by atoms with Crippen LogP contribution in [0.2, 0.25) is 5.02 Å². The molecule has 0 unspecified atom stereocenters. The van der Waals surface area contributed by atoms with Gasteiger partial charge in [0.05, 0.1) is 24.4 Å². The minimum atomic E-state index is -0.559. The van der Waals surface area contributed by atoms with E-state index in [-0.39, 0.29) is 11.3 Å². The van der Waals surface area contributed by atoms with E-state index in [2.05, 4.69) is 10.1 Å². The molecule has 0 atom stereocenters. The number of rotatable bonds is 6. The first-order valence-electron chi connectivity index (χ1n) is 9.92. The number of halogens is 1. The maximum Gasteiger partial charge on any atom is 0.373 e. The highest BCUT2D eigenvalue weighted by atomic mass is 35.5. The molecule has 1 amide bonds. The molecule has 0 spiro atoms. The van der Waals surface area contributed by atoms with Crippen molar-refractivity contribution in [3.05, 3.63) is 94.5 Å². The van der Waals surface area contributed by atoms with Crippen LogP contribution in [-0.2, 0) is 16.1 Å². The molecule has 0 aliphatic carbocycles. The number of nitrogens with zero attached hydrogens (tertiary/aromatic N) is 2. The minimum absolute atomic E-state index is 0.0659. The molecule has 0 saturated heterocycles. The van der Waals surface area contributed by atoms with E-state index < -0.39 is 11.9 Å². The number of nitriles is 1. The molecular weight excluding hydrogens is 442 g/mol. The molecule has 8 heteroatoms. The molecule has 1 N–H and O–H groups in total. The lowest BCUT2D eigenvalue weighted by atomic mass is 10.1. The summed E-state index contributed by atoms with van der Waals surface area (Å²) < 4.78 is 12.2. The van der Waals surface area contributed by atoms with E-state index >= 15 is 0 Å². The maximum atomic E-state index is 12.7. The van der Waals surface area contributed by atoms with E-state index in [4.69, 9.17) is 16.0 Å². The van der Waals surface area contributed by atoms with Gasteiger partial charge in [0.15, 0.2) is 0 Å². The van der Waals surface area contributed by atoms with Crippen molar-refractivity contribution >= 4 is 46.1 Å². The third-order valence-electron chi connectivity index (χ3n) is 4.98. The highest BCUT2D eigenvalue weighted by molar-refractivity contribution is 6.34. The first kappa shape index (κ1) is 21.9. The van der Waals surface area contributed by atoms with Crippen molar-refractivity contribution in [3.63, 3.8) is 0 Å². The maximum absolute atomic E-state index is 12.7. The summed E-state index contributed by atoms with van der Waals surface area (Å²) in [6.45, 7) is 0.346. The number of methoxy groups -OCH3 is 1. The number of aromatic nitrogens is 1. The van der Waals surface area contributed by atoms with Gasteiger partial charge >= 0.3 is 5.97 Å². The quantitative estimate of drug-likeness (QED) is 0.241. The summed E-state index contributed by atoms with van der Waals surface area (Å²) in [5, 5.41) is 13.5. The summed E-state index contributed by atoms with van der Waals surface area (Å²) in [5.74, 6) is -0.433. The monoisotopic (exact) mass is 459 g/mol. The van der Waals surface area contributed by atoms with E-state index in [9.17, 15) is 14.9 Å². The lowest BCUT2D eigenvalue weighted by molar-refractivity contribution is -0.112. The zero-order valence-electron chi connectivity index (χ0n) is 17.5. The predicted octanol–water partition coefficient (Wildman–Crippen LogP) is 5.27. The predicted molar refractivity (Wildman–Crippen MR) is 125 cm³/mol. The van der Waals surface area contributed by atoms with Crippen LogP contribution in [0.4, 0.5) is 5.69 Å². The fourth-order valence-corrected chi connectivity index (χ4v) is 3.60.